The van der Waals surface area contributed by atoms with Crippen molar-refractivity contribution in [3.63, 3.8) is 0 Å². The Kier molecular flexibility index (Phi) is 7.77. The molecule has 0 saturated heterocycles. The van der Waals surface area contributed by atoms with Crippen molar-refractivity contribution in [1.29, 1.82) is 0 Å². The molecule has 0 aromatic heterocycles. The molecule has 0 aliphatic carbocycles. The molecule has 0 fully saturated rings. The summed E-state index contributed by atoms with van der Waals surface area (Å²) in [5.74, 6) is -0.389. The Labute approximate surface area is 216 Å². The second kappa shape index (κ2) is 11.0. The molecule has 0 saturated carbocycles. The molecule has 3 aromatic carbocycles. The van der Waals surface area contributed by atoms with Gasteiger partial charge in [-0.05, 0) is 56.2 Å². The molecule has 4 rings (SSSR count). The van der Waals surface area contributed by atoms with Crippen LogP contribution in [-0.4, -0.2) is 24.0 Å². The SMILES string of the molecule is CC(C)(C)OC(=O)CCNCc1ccc(N/C(=C2\C(=O)Nc3cc(Cl)ccc32)c2ccccc2)cc1. The van der Waals surface area contributed by atoms with Crippen LogP contribution in [0.3, 0.4) is 0 Å². The number of carbonyl (C=O) groups is 2. The summed E-state index contributed by atoms with van der Waals surface area (Å²) < 4.78 is 5.33. The largest absolute Gasteiger partial charge is 0.460 e. The van der Waals surface area contributed by atoms with Crippen molar-refractivity contribution in [2.24, 2.45) is 0 Å². The molecule has 6 nitrogen and oxygen atoms in total. The molecule has 1 aliphatic heterocycles. The van der Waals surface area contributed by atoms with Crippen LogP contribution >= 0.6 is 11.6 Å². The molecular formula is C29H30ClN3O3. The average Bonchev–Trinajstić information content (AvgIpc) is 3.15. The Morgan fingerprint density at radius 1 is 1.00 bits per heavy atom. The van der Waals surface area contributed by atoms with Crippen molar-refractivity contribution in [2.75, 3.05) is 17.2 Å². The van der Waals surface area contributed by atoms with Crippen molar-refractivity contribution >= 4 is 46.1 Å². The fraction of sp³-hybridized carbons (Fsp3) is 0.241. The lowest BCUT2D eigenvalue weighted by molar-refractivity contribution is -0.154. The summed E-state index contributed by atoms with van der Waals surface area (Å²) >= 11 is 6.14. The van der Waals surface area contributed by atoms with E-state index in [9.17, 15) is 9.59 Å². The fourth-order valence-electron chi connectivity index (χ4n) is 3.94. The van der Waals surface area contributed by atoms with Gasteiger partial charge in [0.05, 0.1) is 23.4 Å². The number of fused-ring (bicyclic) bond motifs is 1. The van der Waals surface area contributed by atoms with Crippen LogP contribution < -0.4 is 16.0 Å². The molecule has 3 aromatic rings. The van der Waals surface area contributed by atoms with Gasteiger partial charge in [0, 0.05) is 29.4 Å². The van der Waals surface area contributed by atoms with E-state index < -0.39 is 5.60 Å². The smallest absolute Gasteiger partial charge is 0.307 e. The summed E-state index contributed by atoms with van der Waals surface area (Å²) in [6.45, 7) is 6.76. The van der Waals surface area contributed by atoms with E-state index in [0.717, 1.165) is 28.1 Å². The number of benzene rings is 3. The van der Waals surface area contributed by atoms with Crippen LogP contribution in [0.15, 0.2) is 72.8 Å². The van der Waals surface area contributed by atoms with E-state index in [1.165, 1.54) is 0 Å². The molecule has 3 N–H and O–H groups in total. The highest BCUT2D eigenvalue weighted by Crippen LogP contribution is 2.38. The average molecular weight is 504 g/mol. The first kappa shape index (κ1) is 25.5. The molecule has 0 radical (unpaired) electrons. The van der Waals surface area contributed by atoms with Crippen molar-refractivity contribution in [1.82, 2.24) is 5.32 Å². The van der Waals surface area contributed by atoms with Crippen LogP contribution in [0, 0.1) is 0 Å². The van der Waals surface area contributed by atoms with Crippen LogP contribution in [-0.2, 0) is 20.9 Å². The molecule has 0 spiro atoms. The van der Waals surface area contributed by atoms with Gasteiger partial charge in [0.1, 0.15) is 5.60 Å². The zero-order valence-corrected chi connectivity index (χ0v) is 21.4. The highest BCUT2D eigenvalue weighted by atomic mass is 35.5. The second-order valence-corrected chi connectivity index (χ2v) is 10.0. The normalized spacial score (nSPS) is 14.2. The van der Waals surface area contributed by atoms with Gasteiger partial charge in [-0.1, -0.05) is 60.1 Å². The maximum absolute atomic E-state index is 13.0. The summed E-state index contributed by atoms with van der Waals surface area (Å²) in [5.41, 5.74) is 5.16. The third-order valence-corrected chi connectivity index (χ3v) is 5.75. The minimum absolute atomic E-state index is 0.176. The van der Waals surface area contributed by atoms with Gasteiger partial charge in [0.15, 0.2) is 0 Å². The summed E-state index contributed by atoms with van der Waals surface area (Å²) in [7, 11) is 0. The third-order valence-electron chi connectivity index (χ3n) is 5.52. The first-order valence-electron chi connectivity index (χ1n) is 11.9. The minimum atomic E-state index is -0.470. The zero-order valence-electron chi connectivity index (χ0n) is 20.7. The molecule has 0 unspecified atom stereocenters. The van der Waals surface area contributed by atoms with Crippen LogP contribution in [0.25, 0.3) is 11.3 Å². The van der Waals surface area contributed by atoms with Gasteiger partial charge in [-0.2, -0.15) is 0 Å². The predicted molar refractivity (Wildman–Crippen MR) is 146 cm³/mol. The van der Waals surface area contributed by atoms with E-state index in [-0.39, 0.29) is 11.9 Å². The van der Waals surface area contributed by atoms with E-state index in [4.69, 9.17) is 16.3 Å². The first-order valence-corrected chi connectivity index (χ1v) is 12.3. The van der Waals surface area contributed by atoms with Gasteiger partial charge in [-0.3, -0.25) is 9.59 Å². The summed E-state index contributed by atoms with van der Waals surface area (Å²) in [4.78, 5) is 24.8. The Bertz CT molecular complexity index is 1280. The maximum Gasteiger partial charge on any atom is 0.307 e. The molecule has 0 atom stereocenters. The summed E-state index contributed by atoms with van der Waals surface area (Å²) in [5, 5.41) is 10.2. The summed E-state index contributed by atoms with van der Waals surface area (Å²) in [6.07, 6.45) is 0.319. The van der Waals surface area contributed by atoms with Gasteiger partial charge >= 0.3 is 5.97 Å². The lowest BCUT2D eigenvalue weighted by Gasteiger charge is -2.19. The number of esters is 1. The molecule has 0 bridgehead atoms. The van der Waals surface area contributed by atoms with E-state index in [2.05, 4.69) is 16.0 Å². The van der Waals surface area contributed by atoms with Gasteiger partial charge in [0.25, 0.3) is 5.91 Å². The van der Waals surface area contributed by atoms with E-state index >= 15 is 0 Å². The number of anilines is 2. The second-order valence-electron chi connectivity index (χ2n) is 9.60. The van der Waals surface area contributed by atoms with Crippen LogP contribution in [0.5, 0.6) is 0 Å². The van der Waals surface area contributed by atoms with Gasteiger partial charge in [-0.15, -0.1) is 0 Å². The summed E-state index contributed by atoms with van der Waals surface area (Å²) in [6, 6.07) is 23.2. The van der Waals surface area contributed by atoms with Crippen molar-refractivity contribution in [3.8, 4) is 0 Å². The Morgan fingerprint density at radius 3 is 2.42 bits per heavy atom. The maximum atomic E-state index is 13.0. The number of hydrogen-bond acceptors (Lipinski definition) is 5. The Hall–Kier alpha value is -3.61. The molecular weight excluding hydrogens is 474 g/mol. The molecule has 36 heavy (non-hydrogen) atoms. The molecule has 1 heterocycles. The Balaban J connectivity index is 1.48. The van der Waals surface area contributed by atoms with Gasteiger partial charge in [0.2, 0.25) is 0 Å². The standard InChI is InChI=1S/C29H30ClN3O3/c1-29(2,3)36-25(34)15-16-31-18-19-9-12-22(13-10-19)32-27(20-7-5-4-6-8-20)26-23-14-11-21(30)17-24(23)33-28(26)35/h4-14,17,31-32H,15-16,18H2,1-3H3,(H,33,35)/b27-26-. The number of hydrogen-bond donors (Lipinski definition) is 3. The monoisotopic (exact) mass is 503 g/mol. The van der Waals surface area contributed by atoms with Crippen LogP contribution in [0.1, 0.15) is 43.9 Å². The van der Waals surface area contributed by atoms with E-state index in [1.54, 1.807) is 12.1 Å². The molecule has 1 amide bonds. The van der Waals surface area contributed by atoms with Crippen molar-refractivity contribution < 1.29 is 14.3 Å². The topological polar surface area (TPSA) is 79.5 Å². The number of amides is 1. The quantitative estimate of drug-likeness (QED) is 0.197. The van der Waals surface area contributed by atoms with Crippen LogP contribution in [0.4, 0.5) is 11.4 Å². The number of ether oxygens (including phenoxy) is 1. The van der Waals surface area contributed by atoms with Gasteiger partial charge < -0.3 is 20.7 Å². The fourth-order valence-corrected chi connectivity index (χ4v) is 4.12. The highest BCUT2D eigenvalue weighted by molar-refractivity contribution is 6.38. The third kappa shape index (κ3) is 6.53. The van der Waals surface area contributed by atoms with E-state index in [1.807, 2.05) is 81.4 Å². The van der Waals surface area contributed by atoms with E-state index in [0.29, 0.717) is 35.8 Å². The zero-order chi connectivity index (χ0) is 25.7. The first-order chi connectivity index (χ1) is 17.2. The number of rotatable bonds is 8. The minimum Gasteiger partial charge on any atom is -0.460 e. The highest BCUT2D eigenvalue weighted by Gasteiger charge is 2.28. The lowest BCUT2D eigenvalue weighted by atomic mass is 10.00. The number of halogens is 1. The number of nitrogens with one attached hydrogen (secondary N) is 3. The van der Waals surface area contributed by atoms with Crippen molar-refractivity contribution in [3.05, 3.63) is 94.5 Å². The predicted octanol–water partition coefficient (Wildman–Crippen LogP) is 6.09. The number of carbonyl (C=O) groups excluding carboxylic acids is 2. The molecule has 7 heteroatoms. The Morgan fingerprint density at radius 2 is 1.72 bits per heavy atom. The lowest BCUT2D eigenvalue weighted by Crippen LogP contribution is -2.26. The molecule has 1 aliphatic rings. The molecule has 186 valence electrons. The van der Waals surface area contributed by atoms with Gasteiger partial charge in [-0.25, -0.2) is 0 Å². The van der Waals surface area contributed by atoms with Crippen molar-refractivity contribution in [2.45, 2.75) is 39.3 Å². The van der Waals surface area contributed by atoms with Crippen LogP contribution in [0.2, 0.25) is 5.02 Å².